The zero-order chi connectivity index (χ0) is 17.1. The third-order valence-corrected chi connectivity index (χ3v) is 4.27. The molecule has 128 valence electrons. The molecule has 0 saturated carbocycles. The fraction of sp³-hybridized carbons (Fsp3) is 0.412. The molecule has 0 spiro atoms. The van der Waals surface area contributed by atoms with Crippen LogP contribution in [-0.4, -0.2) is 29.3 Å². The predicted molar refractivity (Wildman–Crippen MR) is 93.2 cm³/mol. The molecular formula is C17H22FN5O. The molecule has 24 heavy (non-hydrogen) atoms. The lowest BCUT2D eigenvalue weighted by molar-refractivity contribution is 0.262. The molecule has 0 aliphatic carbocycles. The largest absolute Gasteiger partial charge is 0.370 e. The summed E-state index contributed by atoms with van der Waals surface area (Å²) in [5.74, 6) is -0.373. The number of aryl methyl sites for hydroxylation is 2. The minimum absolute atomic E-state index is 0.373. The molecule has 2 aromatic rings. The van der Waals surface area contributed by atoms with Crippen LogP contribution >= 0.6 is 0 Å². The van der Waals surface area contributed by atoms with E-state index in [1.54, 1.807) is 13.0 Å². The molecule has 3 N–H and O–H groups in total. The van der Waals surface area contributed by atoms with Crippen molar-refractivity contribution in [2.24, 2.45) is 0 Å². The van der Waals surface area contributed by atoms with E-state index in [1.807, 2.05) is 6.92 Å². The average molecular weight is 331 g/mol. The highest BCUT2D eigenvalue weighted by Crippen LogP contribution is 2.29. The van der Waals surface area contributed by atoms with Crippen LogP contribution in [0.2, 0.25) is 0 Å². The standard InChI is InChI=1S/C17H22FN5O/c1-11-16(12(2)22-21-11)20-17(24)19-14-10-13(18)6-7-15(14)23-8-4-3-5-9-23/h6-7,10H,3-5,8-9H2,1-2H3,(H,21,22)(H2,19,20,24). The predicted octanol–water partition coefficient (Wildman–Crippen LogP) is 3.80. The second-order valence-corrected chi connectivity index (χ2v) is 6.10. The van der Waals surface area contributed by atoms with Gasteiger partial charge in [-0.25, -0.2) is 9.18 Å². The SMILES string of the molecule is Cc1n[nH]c(C)c1NC(=O)Nc1cc(F)ccc1N1CCCCC1. The van der Waals surface area contributed by atoms with Crippen LogP contribution < -0.4 is 15.5 Å². The molecular weight excluding hydrogens is 309 g/mol. The van der Waals surface area contributed by atoms with Crippen molar-refractivity contribution in [3.63, 3.8) is 0 Å². The Balaban J connectivity index is 1.78. The number of amides is 2. The van der Waals surface area contributed by atoms with Gasteiger partial charge in [0.05, 0.1) is 28.5 Å². The highest BCUT2D eigenvalue weighted by Gasteiger charge is 2.17. The highest BCUT2D eigenvalue weighted by molar-refractivity contribution is 6.02. The van der Waals surface area contributed by atoms with Gasteiger partial charge in [-0.05, 0) is 51.3 Å². The number of hydrogen-bond donors (Lipinski definition) is 3. The molecule has 7 heteroatoms. The fourth-order valence-corrected chi connectivity index (χ4v) is 3.02. The summed E-state index contributed by atoms with van der Waals surface area (Å²) in [4.78, 5) is 14.5. The number of rotatable bonds is 3. The smallest absolute Gasteiger partial charge is 0.323 e. The third kappa shape index (κ3) is 3.50. The van der Waals surface area contributed by atoms with Crippen molar-refractivity contribution in [3.05, 3.63) is 35.4 Å². The summed E-state index contributed by atoms with van der Waals surface area (Å²) in [7, 11) is 0. The molecule has 3 rings (SSSR count). The summed E-state index contributed by atoms with van der Waals surface area (Å²) in [5.41, 5.74) is 3.46. The van der Waals surface area contributed by atoms with Crippen LogP contribution in [0, 0.1) is 19.7 Å². The Morgan fingerprint density at radius 3 is 2.62 bits per heavy atom. The molecule has 1 saturated heterocycles. The molecule has 2 heterocycles. The van der Waals surface area contributed by atoms with E-state index < -0.39 is 6.03 Å². The number of halogens is 1. The van der Waals surface area contributed by atoms with Crippen molar-refractivity contribution in [1.29, 1.82) is 0 Å². The third-order valence-electron chi connectivity index (χ3n) is 4.27. The molecule has 0 bridgehead atoms. The molecule has 1 aliphatic rings. The van der Waals surface area contributed by atoms with Crippen molar-refractivity contribution in [2.75, 3.05) is 28.6 Å². The van der Waals surface area contributed by atoms with Gasteiger partial charge in [0.15, 0.2) is 0 Å². The number of carbonyl (C=O) groups is 1. The normalized spacial score (nSPS) is 14.5. The number of H-pyrrole nitrogens is 1. The van der Waals surface area contributed by atoms with Gasteiger partial charge in [0, 0.05) is 13.1 Å². The second kappa shape index (κ2) is 6.90. The number of nitrogens with one attached hydrogen (secondary N) is 3. The number of carbonyl (C=O) groups excluding carboxylic acids is 1. The van der Waals surface area contributed by atoms with Gasteiger partial charge in [-0.3, -0.25) is 5.10 Å². The van der Waals surface area contributed by atoms with E-state index in [4.69, 9.17) is 0 Å². The molecule has 1 aliphatic heterocycles. The Hall–Kier alpha value is -2.57. The van der Waals surface area contributed by atoms with Crippen LogP contribution in [-0.2, 0) is 0 Å². The van der Waals surface area contributed by atoms with Gasteiger partial charge in [-0.15, -0.1) is 0 Å². The van der Waals surface area contributed by atoms with Gasteiger partial charge in [0.25, 0.3) is 0 Å². The van der Waals surface area contributed by atoms with Crippen LogP contribution in [0.5, 0.6) is 0 Å². The number of hydrogen-bond acceptors (Lipinski definition) is 3. The van der Waals surface area contributed by atoms with E-state index in [1.165, 1.54) is 18.6 Å². The minimum Gasteiger partial charge on any atom is -0.370 e. The van der Waals surface area contributed by atoms with Crippen molar-refractivity contribution < 1.29 is 9.18 Å². The average Bonchev–Trinajstić information content (AvgIpc) is 2.88. The maximum atomic E-state index is 13.7. The van der Waals surface area contributed by atoms with E-state index in [0.29, 0.717) is 17.1 Å². The summed E-state index contributed by atoms with van der Waals surface area (Å²) < 4.78 is 13.7. The summed E-state index contributed by atoms with van der Waals surface area (Å²) in [6.45, 7) is 5.47. The topological polar surface area (TPSA) is 73.0 Å². The Kier molecular flexibility index (Phi) is 4.69. The molecule has 0 radical (unpaired) electrons. The summed E-state index contributed by atoms with van der Waals surface area (Å²) in [6.07, 6.45) is 3.42. The summed E-state index contributed by atoms with van der Waals surface area (Å²) in [6, 6.07) is 4.10. The van der Waals surface area contributed by atoms with E-state index in [2.05, 4.69) is 25.7 Å². The zero-order valence-electron chi connectivity index (χ0n) is 13.9. The first kappa shape index (κ1) is 16.3. The quantitative estimate of drug-likeness (QED) is 0.801. The van der Waals surface area contributed by atoms with Gasteiger partial charge in [-0.1, -0.05) is 0 Å². The van der Waals surface area contributed by atoms with Crippen LogP contribution in [0.25, 0.3) is 0 Å². The number of piperidine rings is 1. The van der Waals surface area contributed by atoms with E-state index in [9.17, 15) is 9.18 Å². The van der Waals surface area contributed by atoms with Crippen molar-refractivity contribution in [2.45, 2.75) is 33.1 Å². The number of nitrogens with zero attached hydrogens (tertiary/aromatic N) is 2. The van der Waals surface area contributed by atoms with Crippen molar-refractivity contribution in [1.82, 2.24) is 10.2 Å². The lowest BCUT2D eigenvalue weighted by Gasteiger charge is -2.30. The monoisotopic (exact) mass is 331 g/mol. The van der Waals surface area contributed by atoms with Gasteiger partial charge in [0.2, 0.25) is 0 Å². The van der Waals surface area contributed by atoms with Crippen molar-refractivity contribution >= 4 is 23.1 Å². The molecule has 1 fully saturated rings. The van der Waals surface area contributed by atoms with E-state index in [0.717, 1.165) is 37.3 Å². The van der Waals surface area contributed by atoms with Crippen LogP contribution in [0.1, 0.15) is 30.7 Å². The highest BCUT2D eigenvalue weighted by atomic mass is 19.1. The van der Waals surface area contributed by atoms with E-state index >= 15 is 0 Å². The maximum Gasteiger partial charge on any atom is 0.323 e. The minimum atomic E-state index is -0.411. The van der Waals surface area contributed by atoms with Crippen LogP contribution in [0.3, 0.4) is 0 Å². The first-order valence-electron chi connectivity index (χ1n) is 8.18. The van der Waals surface area contributed by atoms with Crippen molar-refractivity contribution in [3.8, 4) is 0 Å². The van der Waals surface area contributed by atoms with Crippen LogP contribution in [0.15, 0.2) is 18.2 Å². The Morgan fingerprint density at radius 1 is 1.21 bits per heavy atom. The zero-order valence-corrected chi connectivity index (χ0v) is 13.9. The first-order chi connectivity index (χ1) is 11.5. The summed E-state index contributed by atoms with van der Waals surface area (Å²) in [5, 5.41) is 12.4. The number of aromatic amines is 1. The lowest BCUT2D eigenvalue weighted by Crippen LogP contribution is -2.31. The Labute approximate surface area is 140 Å². The molecule has 0 unspecified atom stereocenters. The first-order valence-corrected chi connectivity index (χ1v) is 8.18. The fourth-order valence-electron chi connectivity index (χ4n) is 3.02. The molecule has 1 aromatic carbocycles. The molecule has 1 aromatic heterocycles. The number of aromatic nitrogens is 2. The lowest BCUT2D eigenvalue weighted by atomic mass is 10.1. The van der Waals surface area contributed by atoms with Crippen LogP contribution in [0.4, 0.5) is 26.2 Å². The molecule has 6 nitrogen and oxygen atoms in total. The molecule has 2 amide bonds. The second-order valence-electron chi connectivity index (χ2n) is 6.10. The molecule has 0 atom stereocenters. The summed E-state index contributed by atoms with van der Waals surface area (Å²) >= 11 is 0. The Bertz CT molecular complexity index is 717. The van der Waals surface area contributed by atoms with E-state index in [-0.39, 0.29) is 5.82 Å². The van der Waals surface area contributed by atoms with Gasteiger partial charge >= 0.3 is 6.03 Å². The maximum absolute atomic E-state index is 13.7. The number of benzene rings is 1. The van der Waals surface area contributed by atoms with Gasteiger partial charge < -0.3 is 15.5 Å². The number of anilines is 3. The van der Waals surface area contributed by atoms with Gasteiger partial charge in [-0.2, -0.15) is 5.10 Å². The van der Waals surface area contributed by atoms with Gasteiger partial charge in [0.1, 0.15) is 5.82 Å². The Morgan fingerprint density at radius 2 is 1.96 bits per heavy atom. The number of urea groups is 1.